The Morgan fingerprint density at radius 2 is 0.630 bits per heavy atom. The van der Waals surface area contributed by atoms with E-state index in [0.717, 1.165) is 19.3 Å². The number of unbranched alkanes of at least 4 members (excludes halogenated alkanes) is 3. The van der Waals surface area contributed by atoms with Gasteiger partial charge < -0.3 is 13.7 Å². The molecule has 150 valence electrons. The molecule has 0 fully saturated rings. The summed E-state index contributed by atoms with van der Waals surface area (Å²) in [7, 11) is -11.8. The molecule has 0 aliphatic heterocycles. The topological polar surface area (TPSA) is 172 Å². The molecule has 15 heteroatoms. The summed E-state index contributed by atoms with van der Waals surface area (Å²) >= 11 is 0. The summed E-state index contributed by atoms with van der Waals surface area (Å²) in [6.07, 6.45) is 3.69. The maximum absolute atomic E-state index is 9.83. The molecule has 0 bridgehead atoms. The van der Waals surface area contributed by atoms with Crippen molar-refractivity contribution in [3.63, 3.8) is 0 Å². The van der Waals surface area contributed by atoms with Crippen molar-refractivity contribution in [1.82, 2.24) is 0 Å². The minimum atomic E-state index is -3.94. The standard InChI is InChI=1S/3C4H10O3S.3K/c3*1-2-3-4-8(5,6)7;;;/h3*2-4H2,1H3,(H,5,6,7);;;/q;;;3*+1/p-3. The first-order valence-corrected chi connectivity index (χ1v) is 12.2. The minimum absolute atomic E-state index is 0. The largest absolute Gasteiger partial charge is 1.00 e. The number of hydrogen-bond donors (Lipinski definition) is 0. The van der Waals surface area contributed by atoms with Crippen molar-refractivity contribution < 1.29 is 193 Å². The first-order chi connectivity index (χ1) is 10.7. The molecule has 0 aromatic carbocycles. The van der Waals surface area contributed by atoms with E-state index in [1.165, 1.54) is 0 Å². The summed E-state index contributed by atoms with van der Waals surface area (Å²) in [5.41, 5.74) is 0. The third-order valence-corrected chi connectivity index (χ3v) is 4.61. The Morgan fingerprint density at radius 1 is 0.481 bits per heavy atom. The number of hydrogen-bond acceptors (Lipinski definition) is 9. The van der Waals surface area contributed by atoms with Gasteiger partial charge in [0.05, 0.1) is 30.4 Å². The summed E-state index contributed by atoms with van der Waals surface area (Å²) in [6.45, 7) is 5.52. The molecule has 0 aliphatic carbocycles. The second-order valence-corrected chi connectivity index (χ2v) is 9.42. The van der Waals surface area contributed by atoms with Crippen LogP contribution in [-0.4, -0.2) is 56.2 Å². The molecule has 27 heavy (non-hydrogen) atoms. The van der Waals surface area contributed by atoms with Crippen LogP contribution in [0.25, 0.3) is 0 Å². The SMILES string of the molecule is CCCCS(=O)(=O)[O-].CCCCS(=O)(=O)[O-].CCCCS(=O)(=O)[O-].[K+].[K+].[K+]. The van der Waals surface area contributed by atoms with Crippen LogP contribution in [0.2, 0.25) is 0 Å². The van der Waals surface area contributed by atoms with Crippen LogP contribution in [0.15, 0.2) is 0 Å². The summed E-state index contributed by atoms with van der Waals surface area (Å²) in [4.78, 5) is 0. The molecule has 0 heterocycles. The summed E-state index contributed by atoms with van der Waals surface area (Å²) < 4.78 is 88.5. The summed E-state index contributed by atoms with van der Waals surface area (Å²) in [5, 5.41) is 0. The molecule has 0 amide bonds. The van der Waals surface area contributed by atoms with Gasteiger partial charge in [-0.2, -0.15) is 0 Å². The van der Waals surface area contributed by atoms with Crippen LogP contribution in [0.5, 0.6) is 0 Å². The van der Waals surface area contributed by atoms with Crippen molar-refractivity contribution in [3.8, 4) is 0 Å². The maximum atomic E-state index is 9.83. The van der Waals surface area contributed by atoms with Crippen LogP contribution >= 0.6 is 0 Å². The number of rotatable bonds is 9. The van der Waals surface area contributed by atoms with E-state index in [-0.39, 0.29) is 171 Å². The molecule has 9 nitrogen and oxygen atoms in total. The van der Waals surface area contributed by atoms with E-state index in [0.29, 0.717) is 19.3 Å². The van der Waals surface area contributed by atoms with Crippen LogP contribution in [0, 0.1) is 0 Å². The normalized spacial score (nSPS) is 10.4. The van der Waals surface area contributed by atoms with Gasteiger partial charge in [0.2, 0.25) is 0 Å². The first-order valence-electron chi connectivity index (χ1n) is 7.49. The monoisotopic (exact) mass is 528 g/mol. The van der Waals surface area contributed by atoms with Crippen molar-refractivity contribution in [2.75, 3.05) is 17.3 Å². The molecule has 0 aromatic heterocycles. The third kappa shape index (κ3) is 65.2. The van der Waals surface area contributed by atoms with Crippen molar-refractivity contribution in [1.29, 1.82) is 0 Å². The predicted molar refractivity (Wildman–Crippen MR) is 88.4 cm³/mol. The molecular formula is C12H27K3O9S3. The van der Waals surface area contributed by atoms with E-state index in [4.69, 9.17) is 0 Å². The molecule has 0 atom stereocenters. The Bertz CT molecular complexity index is 505. The van der Waals surface area contributed by atoms with Gasteiger partial charge in [-0.3, -0.25) is 0 Å². The third-order valence-electron chi connectivity index (χ3n) is 2.24. The Balaban J connectivity index is -0.0000000580. The maximum Gasteiger partial charge on any atom is 1.00 e. The fourth-order valence-corrected chi connectivity index (χ4v) is 2.89. The van der Waals surface area contributed by atoms with Gasteiger partial charge in [-0.25, -0.2) is 25.3 Å². The smallest absolute Gasteiger partial charge is 0.748 e. The van der Waals surface area contributed by atoms with Gasteiger partial charge >= 0.3 is 154 Å². The molecule has 0 saturated heterocycles. The van der Waals surface area contributed by atoms with Gasteiger partial charge in [-0.1, -0.05) is 40.0 Å². The Morgan fingerprint density at radius 3 is 0.667 bits per heavy atom. The second kappa shape index (κ2) is 26.9. The predicted octanol–water partition coefficient (Wildman–Crippen LogP) is -7.99. The van der Waals surface area contributed by atoms with E-state index in [1.807, 2.05) is 20.8 Å². The van der Waals surface area contributed by atoms with Gasteiger partial charge in [-0.05, 0) is 19.3 Å². The summed E-state index contributed by atoms with van der Waals surface area (Å²) in [5.74, 6) is -0.656. The van der Waals surface area contributed by atoms with Gasteiger partial charge in [-0.15, -0.1) is 0 Å². The van der Waals surface area contributed by atoms with Crippen LogP contribution < -0.4 is 154 Å². The molecule has 0 N–H and O–H groups in total. The van der Waals surface area contributed by atoms with E-state index >= 15 is 0 Å². The average Bonchev–Trinajstić information content (AvgIpc) is 2.39. The van der Waals surface area contributed by atoms with Gasteiger partial charge in [0, 0.05) is 17.3 Å². The second-order valence-electron chi connectivity index (χ2n) is 4.85. The van der Waals surface area contributed by atoms with Crippen molar-refractivity contribution >= 4 is 30.4 Å². The van der Waals surface area contributed by atoms with Gasteiger partial charge in [0.25, 0.3) is 0 Å². The molecule has 0 aromatic rings. The van der Waals surface area contributed by atoms with Gasteiger partial charge in [0.15, 0.2) is 0 Å². The van der Waals surface area contributed by atoms with Gasteiger partial charge in [0.1, 0.15) is 0 Å². The van der Waals surface area contributed by atoms with E-state index < -0.39 is 30.4 Å². The molecule has 0 unspecified atom stereocenters. The molecule has 0 aliphatic rings. The van der Waals surface area contributed by atoms with Crippen LogP contribution in [-0.2, 0) is 30.4 Å². The van der Waals surface area contributed by atoms with E-state index in [1.54, 1.807) is 0 Å². The zero-order valence-electron chi connectivity index (χ0n) is 17.3. The van der Waals surface area contributed by atoms with Crippen molar-refractivity contribution in [3.05, 3.63) is 0 Å². The van der Waals surface area contributed by atoms with Crippen LogP contribution in [0.4, 0.5) is 0 Å². The zero-order chi connectivity index (χ0) is 19.9. The fraction of sp³-hybridized carbons (Fsp3) is 1.00. The summed E-state index contributed by atoms with van der Waals surface area (Å²) in [6, 6.07) is 0. The first kappa shape index (κ1) is 45.2. The van der Waals surface area contributed by atoms with Crippen LogP contribution in [0.3, 0.4) is 0 Å². The zero-order valence-corrected chi connectivity index (χ0v) is 29.1. The minimum Gasteiger partial charge on any atom is -0.748 e. The quantitative estimate of drug-likeness (QED) is 0.208. The van der Waals surface area contributed by atoms with E-state index in [2.05, 4.69) is 0 Å². The molecule has 0 radical (unpaired) electrons. The fourth-order valence-electron chi connectivity index (χ4n) is 0.963. The van der Waals surface area contributed by atoms with E-state index in [9.17, 15) is 38.9 Å². The Labute approximate surface area is 292 Å². The van der Waals surface area contributed by atoms with Crippen LogP contribution in [0.1, 0.15) is 59.3 Å². The molecular weight excluding hydrogens is 502 g/mol. The molecule has 0 spiro atoms. The molecule has 0 rings (SSSR count). The Kier molecular flexibility index (Phi) is 45.0. The van der Waals surface area contributed by atoms with Crippen molar-refractivity contribution in [2.24, 2.45) is 0 Å². The average molecular weight is 529 g/mol. The Hall–Kier alpha value is 4.64. The molecule has 0 saturated carbocycles. The van der Waals surface area contributed by atoms with Crippen molar-refractivity contribution in [2.45, 2.75) is 59.3 Å².